The summed E-state index contributed by atoms with van der Waals surface area (Å²) in [6.45, 7) is 0.489. The van der Waals surface area contributed by atoms with Gasteiger partial charge in [-0.3, -0.25) is 0 Å². The minimum absolute atomic E-state index is 0.311. The normalized spacial score (nSPS) is 13.5. The van der Waals surface area contributed by atoms with Gasteiger partial charge in [0, 0.05) is 23.9 Å². The fourth-order valence-electron chi connectivity index (χ4n) is 4.31. The van der Waals surface area contributed by atoms with Crippen LogP contribution < -0.4 is 10.6 Å². The minimum atomic E-state index is -3.21. The lowest BCUT2D eigenvalue weighted by atomic mass is 9.90. The number of aryl methyl sites for hydroxylation is 1. The van der Waals surface area contributed by atoms with Crippen molar-refractivity contribution in [1.29, 1.82) is 0 Å². The highest BCUT2D eigenvalue weighted by Gasteiger charge is 2.15. The Morgan fingerprint density at radius 2 is 1.67 bits per heavy atom. The first kappa shape index (κ1) is 21.4. The third-order valence-electron chi connectivity index (χ3n) is 6.05. The molecule has 0 fully saturated rings. The van der Waals surface area contributed by atoms with E-state index in [9.17, 15) is 8.42 Å². The highest BCUT2D eigenvalue weighted by Crippen LogP contribution is 2.32. The van der Waals surface area contributed by atoms with Crippen molar-refractivity contribution in [2.45, 2.75) is 37.1 Å². The van der Waals surface area contributed by atoms with Gasteiger partial charge < -0.3 is 10.6 Å². The van der Waals surface area contributed by atoms with E-state index >= 15 is 0 Å². The lowest BCUT2D eigenvalue weighted by molar-refractivity contribution is 0.602. The molecule has 0 bridgehead atoms. The van der Waals surface area contributed by atoms with Crippen molar-refractivity contribution in [2.75, 3.05) is 16.9 Å². The predicted octanol–water partition coefficient (Wildman–Crippen LogP) is 5.27. The van der Waals surface area contributed by atoms with E-state index in [0.29, 0.717) is 17.4 Å². The molecule has 2 N–H and O–H groups in total. The molecule has 5 rings (SSSR count). The molecule has 0 amide bonds. The Hall–Kier alpha value is -3.45. The summed E-state index contributed by atoms with van der Waals surface area (Å²) in [5, 5.41) is 7.83. The van der Waals surface area contributed by atoms with E-state index < -0.39 is 9.84 Å². The van der Waals surface area contributed by atoms with Crippen LogP contribution >= 0.6 is 0 Å². The number of anilines is 3. The van der Waals surface area contributed by atoms with E-state index in [4.69, 9.17) is 4.98 Å². The van der Waals surface area contributed by atoms with Gasteiger partial charge in [0.1, 0.15) is 5.82 Å². The number of fused-ring (bicyclic) bond motifs is 2. The summed E-state index contributed by atoms with van der Waals surface area (Å²) < 4.78 is 23.4. The Morgan fingerprint density at radius 3 is 2.48 bits per heavy atom. The molecule has 1 aliphatic carbocycles. The first-order chi connectivity index (χ1) is 16.0. The second-order valence-corrected chi connectivity index (χ2v) is 10.5. The van der Waals surface area contributed by atoms with E-state index in [1.165, 1.54) is 30.2 Å². The number of hydrogen-bond acceptors (Lipinski definition) is 6. The molecule has 0 saturated heterocycles. The molecular weight excluding hydrogens is 432 g/mol. The summed E-state index contributed by atoms with van der Waals surface area (Å²) in [5.74, 6) is 1.29. The molecule has 0 saturated carbocycles. The maximum atomic E-state index is 11.7. The molecule has 7 heteroatoms. The molecule has 1 heterocycles. The first-order valence-electron chi connectivity index (χ1n) is 11.1. The molecule has 4 aromatic rings. The van der Waals surface area contributed by atoms with Gasteiger partial charge in [0.05, 0.1) is 10.4 Å². The molecular formula is C26H26N4O2S. The first-order valence-corrected chi connectivity index (χ1v) is 13.0. The Morgan fingerprint density at radius 1 is 0.879 bits per heavy atom. The number of nitrogens with one attached hydrogen (secondary N) is 2. The summed E-state index contributed by atoms with van der Waals surface area (Å²) in [6, 6.07) is 21.3. The fourth-order valence-corrected chi connectivity index (χ4v) is 4.94. The van der Waals surface area contributed by atoms with Gasteiger partial charge in [-0.2, -0.15) is 4.98 Å². The van der Waals surface area contributed by atoms with E-state index in [0.717, 1.165) is 40.8 Å². The molecule has 0 spiro atoms. The van der Waals surface area contributed by atoms with Gasteiger partial charge in [-0.05, 0) is 72.7 Å². The Bertz CT molecular complexity index is 1420. The molecule has 168 valence electrons. The van der Waals surface area contributed by atoms with Crippen LogP contribution in [-0.2, 0) is 29.2 Å². The summed E-state index contributed by atoms with van der Waals surface area (Å²) in [6.07, 6.45) is 5.87. The molecule has 1 aromatic heterocycles. The largest absolute Gasteiger partial charge is 0.350 e. The summed E-state index contributed by atoms with van der Waals surface area (Å²) >= 11 is 0. The van der Waals surface area contributed by atoms with Gasteiger partial charge >= 0.3 is 0 Å². The third kappa shape index (κ3) is 4.68. The Labute approximate surface area is 194 Å². The SMILES string of the molecule is CS(=O)(=O)c1ccc(CNc2nc(Nc3cccc4c3CCCC4)c3ccccc3n2)cc1. The van der Waals surface area contributed by atoms with Crippen LogP contribution in [0.15, 0.2) is 71.6 Å². The molecule has 0 aliphatic heterocycles. The van der Waals surface area contributed by atoms with Crippen LogP contribution in [0.1, 0.15) is 29.5 Å². The molecule has 6 nitrogen and oxygen atoms in total. The standard InChI is InChI=1S/C26H26N4O2S/c1-33(31,32)20-15-13-18(14-16-20)17-27-26-29-24-11-5-4-10-22(24)25(30-26)28-23-12-6-8-19-7-2-3-9-21(19)23/h4-6,8,10-16H,2-3,7,9,17H2,1H3,(H2,27,28,29,30). The molecule has 1 aliphatic rings. The smallest absolute Gasteiger partial charge is 0.225 e. The van der Waals surface area contributed by atoms with Crippen LogP contribution in [0, 0.1) is 0 Å². The van der Waals surface area contributed by atoms with Gasteiger partial charge in [-0.25, -0.2) is 13.4 Å². The van der Waals surface area contributed by atoms with Crippen LogP contribution in [0.3, 0.4) is 0 Å². The molecule has 3 aromatic carbocycles. The van der Waals surface area contributed by atoms with Crippen molar-refractivity contribution < 1.29 is 8.42 Å². The zero-order valence-electron chi connectivity index (χ0n) is 18.5. The number of sulfone groups is 1. The lowest BCUT2D eigenvalue weighted by Crippen LogP contribution is -2.09. The van der Waals surface area contributed by atoms with Gasteiger partial charge in [0.15, 0.2) is 9.84 Å². The number of aromatic nitrogens is 2. The summed E-state index contributed by atoms with van der Waals surface area (Å²) in [7, 11) is -3.21. The monoisotopic (exact) mass is 458 g/mol. The second kappa shape index (κ2) is 8.83. The zero-order chi connectivity index (χ0) is 22.8. The maximum Gasteiger partial charge on any atom is 0.225 e. The van der Waals surface area contributed by atoms with Crippen LogP contribution in [0.2, 0.25) is 0 Å². The zero-order valence-corrected chi connectivity index (χ0v) is 19.3. The third-order valence-corrected chi connectivity index (χ3v) is 7.18. The van der Waals surface area contributed by atoms with E-state index in [-0.39, 0.29) is 0 Å². The van der Waals surface area contributed by atoms with Crippen LogP contribution in [-0.4, -0.2) is 24.6 Å². The van der Waals surface area contributed by atoms with Crippen molar-refractivity contribution in [1.82, 2.24) is 9.97 Å². The number of nitrogens with zero attached hydrogens (tertiary/aromatic N) is 2. The maximum absolute atomic E-state index is 11.7. The number of para-hydroxylation sites is 1. The van der Waals surface area contributed by atoms with Crippen molar-refractivity contribution in [3.8, 4) is 0 Å². The second-order valence-electron chi connectivity index (χ2n) is 8.46. The van der Waals surface area contributed by atoms with Crippen LogP contribution in [0.5, 0.6) is 0 Å². The van der Waals surface area contributed by atoms with Gasteiger partial charge in [0.2, 0.25) is 5.95 Å². The van der Waals surface area contributed by atoms with Gasteiger partial charge in [-0.15, -0.1) is 0 Å². The number of rotatable bonds is 6. The van der Waals surface area contributed by atoms with E-state index in [1.54, 1.807) is 24.3 Å². The van der Waals surface area contributed by atoms with E-state index in [1.807, 2.05) is 24.3 Å². The average molecular weight is 459 g/mol. The highest BCUT2D eigenvalue weighted by atomic mass is 32.2. The lowest BCUT2D eigenvalue weighted by Gasteiger charge is -2.20. The van der Waals surface area contributed by atoms with Crippen LogP contribution in [0.25, 0.3) is 10.9 Å². The number of hydrogen-bond donors (Lipinski definition) is 2. The highest BCUT2D eigenvalue weighted by molar-refractivity contribution is 7.90. The van der Waals surface area contributed by atoms with Crippen molar-refractivity contribution in [2.24, 2.45) is 0 Å². The van der Waals surface area contributed by atoms with E-state index in [2.05, 4.69) is 33.8 Å². The van der Waals surface area contributed by atoms with Crippen molar-refractivity contribution in [3.63, 3.8) is 0 Å². The Balaban J connectivity index is 1.43. The molecule has 0 unspecified atom stereocenters. The Kier molecular flexibility index (Phi) is 5.72. The predicted molar refractivity (Wildman–Crippen MR) is 133 cm³/mol. The van der Waals surface area contributed by atoms with Crippen molar-refractivity contribution >= 4 is 38.2 Å². The summed E-state index contributed by atoms with van der Waals surface area (Å²) in [5.41, 5.74) is 5.71. The van der Waals surface area contributed by atoms with Gasteiger partial charge in [-0.1, -0.05) is 36.4 Å². The average Bonchev–Trinajstić information content (AvgIpc) is 2.83. The molecule has 0 atom stereocenters. The molecule has 33 heavy (non-hydrogen) atoms. The van der Waals surface area contributed by atoms with Crippen molar-refractivity contribution in [3.05, 3.63) is 83.4 Å². The summed E-state index contributed by atoms with van der Waals surface area (Å²) in [4.78, 5) is 9.78. The minimum Gasteiger partial charge on any atom is -0.350 e. The topological polar surface area (TPSA) is 84.0 Å². The van der Waals surface area contributed by atoms with Crippen LogP contribution in [0.4, 0.5) is 17.5 Å². The quantitative estimate of drug-likeness (QED) is 0.410. The van der Waals surface area contributed by atoms with Gasteiger partial charge in [0.25, 0.3) is 0 Å². The fraction of sp³-hybridized carbons (Fsp3) is 0.231. The number of benzene rings is 3. The molecule has 0 radical (unpaired) electrons.